The largest absolute Gasteiger partial charge is 0.507 e. The minimum Gasteiger partial charge on any atom is -0.507 e. The van der Waals surface area contributed by atoms with Crippen LogP contribution in [0.1, 0.15) is 36.0 Å². The Balaban J connectivity index is 1.81. The van der Waals surface area contributed by atoms with Crippen molar-refractivity contribution in [3.05, 3.63) is 110 Å². The van der Waals surface area contributed by atoms with Crippen LogP contribution >= 0.6 is 0 Å². The molecular formula is C28H22O7. The molecule has 0 spiro atoms. The number of aromatic hydroxyl groups is 2. The van der Waals surface area contributed by atoms with E-state index in [-0.39, 0.29) is 33.8 Å². The Labute approximate surface area is 199 Å². The third-order valence-electron chi connectivity index (χ3n) is 5.90. The molecule has 0 aliphatic carbocycles. The molecule has 0 saturated carbocycles. The summed E-state index contributed by atoms with van der Waals surface area (Å²) in [5.74, 6) is -1.23. The summed E-state index contributed by atoms with van der Waals surface area (Å²) in [4.78, 5) is 26.3. The zero-order valence-corrected chi connectivity index (χ0v) is 18.9. The van der Waals surface area contributed by atoms with E-state index in [9.17, 15) is 19.8 Å². The number of hydrogen-bond donors (Lipinski definition) is 2. The van der Waals surface area contributed by atoms with E-state index in [0.717, 1.165) is 6.42 Å². The number of hydrogen-bond acceptors (Lipinski definition) is 7. The Morgan fingerprint density at radius 3 is 1.71 bits per heavy atom. The summed E-state index contributed by atoms with van der Waals surface area (Å²) in [5.41, 5.74) is -1.14. The molecule has 35 heavy (non-hydrogen) atoms. The Morgan fingerprint density at radius 2 is 1.23 bits per heavy atom. The van der Waals surface area contributed by atoms with Crippen LogP contribution in [0.15, 0.2) is 91.2 Å². The first-order chi connectivity index (χ1) is 17.0. The highest BCUT2D eigenvalue weighted by molar-refractivity contribution is 5.86. The summed E-state index contributed by atoms with van der Waals surface area (Å²) in [6.45, 7) is 2.53. The van der Waals surface area contributed by atoms with Crippen LogP contribution in [0, 0.1) is 0 Å². The highest BCUT2D eigenvalue weighted by atomic mass is 16.5. The molecule has 3 aromatic carbocycles. The van der Waals surface area contributed by atoms with E-state index in [0.29, 0.717) is 28.7 Å². The van der Waals surface area contributed by atoms with Gasteiger partial charge in [0, 0.05) is 0 Å². The second-order valence-electron chi connectivity index (χ2n) is 8.15. The van der Waals surface area contributed by atoms with Crippen molar-refractivity contribution in [2.24, 2.45) is 0 Å². The average Bonchev–Trinajstić information content (AvgIpc) is 2.87. The zero-order valence-electron chi connectivity index (χ0n) is 18.9. The summed E-state index contributed by atoms with van der Waals surface area (Å²) < 4.78 is 16.6. The van der Waals surface area contributed by atoms with Gasteiger partial charge in [0.25, 0.3) is 0 Å². The zero-order chi connectivity index (χ0) is 24.5. The maximum absolute atomic E-state index is 13.2. The van der Waals surface area contributed by atoms with Gasteiger partial charge in [-0.05, 0) is 48.4 Å². The minimum absolute atomic E-state index is 0.177. The predicted molar refractivity (Wildman–Crippen MR) is 131 cm³/mol. The van der Waals surface area contributed by atoms with Crippen LogP contribution in [-0.4, -0.2) is 16.8 Å². The second kappa shape index (κ2) is 9.02. The van der Waals surface area contributed by atoms with E-state index in [4.69, 9.17) is 13.6 Å². The van der Waals surface area contributed by atoms with Crippen LogP contribution in [0.3, 0.4) is 0 Å². The van der Waals surface area contributed by atoms with Gasteiger partial charge in [-0.25, -0.2) is 9.59 Å². The van der Waals surface area contributed by atoms with E-state index < -0.39 is 17.2 Å². The molecule has 0 saturated heterocycles. The first kappa shape index (κ1) is 22.3. The van der Waals surface area contributed by atoms with Gasteiger partial charge in [0.2, 0.25) is 0 Å². The van der Waals surface area contributed by atoms with E-state index in [1.165, 1.54) is 0 Å². The molecule has 0 amide bonds. The summed E-state index contributed by atoms with van der Waals surface area (Å²) in [6.07, 6.45) is 0.836. The topological polar surface area (TPSA) is 110 Å². The summed E-state index contributed by atoms with van der Waals surface area (Å²) in [5, 5.41) is 23.0. The maximum Gasteiger partial charge on any atom is 0.344 e. The quantitative estimate of drug-likeness (QED) is 0.325. The van der Waals surface area contributed by atoms with Gasteiger partial charge in [-0.3, -0.25) is 0 Å². The van der Waals surface area contributed by atoms with Crippen LogP contribution in [0.25, 0.3) is 21.9 Å². The number of ether oxygens (including phenoxy) is 1. The van der Waals surface area contributed by atoms with E-state index in [2.05, 4.69) is 0 Å². The van der Waals surface area contributed by atoms with Crippen molar-refractivity contribution in [1.82, 2.24) is 0 Å². The lowest BCUT2D eigenvalue weighted by Crippen LogP contribution is -2.21. The van der Waals surface area contributed by atoms with Crippen molar-refractivity contribution in [3.8, 4) is 17.2 Å². The predicted octanol–water partition coefficient (Wildman–Crippen LogP) is 5.28. The fourth-order valence-electron chi connectivity index (χ4n) is 4.26. The van der Waals surface area contributed by atoms with Gasteiger partial charge < -0.3 is 23.8 Å². The second-order valence-corrected chi connectivity index (χ2v) is 8.15. The normalized spacial score (nSPS) is 11.4. The van der Waals surface area contributed by atoms with Crippen molar-refractivity contribution >= 4 is 21.9 Å². The van der Waals surface area contributed by atoms with Gasteiger partial charge in [-0.15, -0.1) is 0 Å². The van der Waals surface area contributed by atoms with Crippen molar-refractivity contribution in [2.75, 3.05) is 6.61 Å². The highest BCUT2D eigenvalue weighted by Crippen LogP contribution is 2.42. The fraction of sp³-hybridized carbons (Fsp3) is 0.143. The van der Waals surface area contributed by atoms with Gasteiger partial charge in [-0.1, -0.05) is 43.3 Å². The SMILES string of the molecule is CCCOc1ccc(C(c2c(O)c3ccccc3oc2=O)c2c(O)c3ccccc3oc2=O)cc1. The molecule has 0 fully saturated rings. The van der Waals surface area contributed by atoms with Gasteiger partial charge in [0.15, 0.2) is 0 Å². The average molecular weight is 470 g/mol. The molecule has 2 N–H and O–H groups in total. The number of fused-ring (bicyclic) bond motifs is 2. The number of benzene rings is 3. The summed E-state index contributed by atoms with van der Waals surface area (Å²) >= 11 is 0. The monoisotopic (exact) mass is 470 g/mol. The van der Waals surface area contributed by atoms with Crippen LogP contribution in [0.4, 0.5) is 0 Å². The first-order valence-corrected chi connectivity index (χ1v) is 11.2. The van der Waals surface area contributed by atoms with Crippen LogP contribution in [-0.2, 0) is 0 Å². The molecule has 176 valence electrons. The third-order valence-corrected chi connectivity index (χ3v) is 5.90. The lowest BCUT2D eigenvalue weighted by Gasteiger charge is -2.20. The van der Waals surface area contributed by atoms with Crippen LogP contribution in [0.5, 0.6) is 17.2 Å². The first-order valence-electron chi connectivity index (χ1n) is 11.2. The summed E-state index contributed by atoms with van der Waals surface area (Å²) in [6, 6.07) is 19.9. The molecule has 5 aromatic rings. The molecule has 5 rings (SSSR count). The fourth-order valence-corrected chi connectivity index (χ4v) is 4.26. The molecule has 0 aliphatic heterocycles. The lowest BCUT2D eigenvalue weighted by molar-refractivity contribution is 0.317. The molecule has 7 heteroatoms. The van der Waals surface area contributed by atoms with E-state index in [1.54, 1.807) is 72.8 Å². The van der Waals surface area contributed by atoms with E-state index in [1.807, 2.05) is 6.92 Å². The molecule has 0 aliphatic rings. The molecule has 0 atom stereocenters. The molecular weight excluding hydrogens is 448 g/mol. The van der Waals surface area contributed by atoms with Crippen LogP contribution < -0.4 is 16.0 Å². The molecule has 2 aromatic heterocycles. The van der Waals surface area contributed by atoms with Crippen LogP contribution in [0.2, 0.25) is 0 Å². The molecule has 7 nitrogen and oxygen atoms in total. The molecule has 0 radical (unpaired) electrons. The van der Waals surface area contributed by atoms with Crippen molar-refractivity contribution < 1.29 is 23.8 Å². The Hall–Kier alpha value is -4.52. The molecule has 0 bridgehead atoms. The smallest absolute Gasteiger partial charge is 0.344 e. The Bertz CT molecular complexity index is 1550. The van der Waals surface area contributed by atoms with Gasteiger partial charge in [0.05, 0.1) is 34.4 Å². The van der Waals surface area contributed by atoms with Crippen molar-refractivity contribution in [1.29, 1.82) is 0 Å². The Morgan fingerprint density at radius 1 is 0.743 bits per heavy atom. The third kappa shape index (κ3) is 3.91. The highest BCUT2D eigenvalue weighted by Gasteiger charge is 2.32. The van der Waals surface area contributed by atoms with Crippen molar-refractivity contribution in [3.63, 3.8) is 0 Å². The maximum atomic E-state index is 13.2. The van der Waals surface area contributed by atoms with Gasteiger partial charge in [0.1, 0.15) is 28.4 Å². The minimum atomic E-state index is -1.17. The van der Waals surface area contributed by atoms with E-state index >= 15 is 0 Å². The van der Waals surface area contributed by atoms with Gasteiger partial charge >= 0.3 is 11.3 Å². The Kier molecular flexibility index (Phi) is 5.74. The number of rotatable bonds is 6. The standard InChI is InChI=1S/C28H22O7/c1-2-15-33-17-13-11-16(12-14-17)22(23-25(29)18-7-3-5-9-20(18)34-27(23)31)24-26(30)19-8-4-6-10-21(19)35-28(24)32/h3-14,22,29-30H,2,15H2,1H3. The summed E-state index contributed by atoms with van der Waals surface area (Å²) in [7, 11) is 0. The number of para-hydroxylation sites is 2. The van der Waals surface area contributed by atoms with Crippen molar-refractivity contribution in [2.45, 2.75) is 19.3 Å². The molecule has 2 heterocycles. The molecule has 0 unspecified atom stereocenters. The van der Waals surface area contributed by atoms with Gasteiger partial charge in [-0.2, -0.15) is 0 Å². The lowest BCUT2D eigenvalue weighted by atomic mass is 9.84.